The van der Waals surface area contributed by atoms with Crippen molar-refractivity contribution in [1.82, 2.24) is 0 Å². The van der Waals surface area contributed by atoms with Gasteiger partial charge in [-0.2, -0.15) is 26.3 Å². The molecule has 12 rings (SSSR count). The van der Waals surface area contributed by atoms with Gasteiger partial charge in [-0.15, -0.1) is 24.5 Å². The van der Waals surface area contributed by atoms with Crippen molar-refractivity contribution < 1.29 is 72.6 Å². The van der Waals surface area contributed by atoms with Gasteiger partial charge in [0.25, 0.3) is 12.7 Å². The Balaban J connectivity index is 1.35. The number of anilines is 3. The number of rotatable bonds is 5. The maximum Gasteiger partial charge on any atom is 0.573 e. The van der Waals surface area contributed by atoms with E-state index < -0.39 is 215 Å². The molecule has 0 radical (unpaired) electrons. The molecule has 2 aromatic heterocycles. The fourth-order valence-corrected chi connectivity index (χ4v) is 12.1. The number of thiophene rings is 1. The maximum absolute atomic E-state index is 16.4. The van der Waals surface area contributed by atoms with Crippen LogP contribution in [0.3, 0.4) is 0 Å². The van der Waals surface area contributed by atoms with Crippen LogP contribution in [0.4, 0.5) is 55.9 Å². The minimum Gasteiger partial charge on any atom is -0.427 e. The summed E-state index contributed by atoms with van der Waals surface area (Å²) in [5.74, 6) is -3.63. The van der Waals surface area contributed by atoms with Crippen LogP contribution in [0.15, 0.2) is 89.0 Å². The number of benzene rings is 4. The Hall–Kier alpha value is -5.31. The SMILES string of the molecule is [2H]c1c([2H])c(-c2sc3c(c2[2H])B2c4c(oc(-c5c([2H])c([2H])c(C(C)(C)C)c([2H])c5[2H])c4[2H])Oc4c([2H])c(C56CC7CC(CC(C7)C5)C6)c([2H])c(c42)N3c2c(C(F)(F)F)c([2H])c(C(C)(C)C)c([2H])c2C(F)(F)F)c([2H])c([2H])c1OC(F)(F)F. The number of hydrogen-bond acceptors (Lipinski definition) is 5. The smallest absolute Gasteiger partial charge is 0.427 e. The first-order valence-corrected chi connectivity index (χ1v) is 22.7. The van der Waals surface area contributed by atoms with Gasteiger partial charge in [0, 0.05) is 21.6 Å². The Morgan fingerprint density at radius 3 is 1.76 bits per heavy atom. The molecule has 4 bridgehead atoms. The van der Waals surface area contributed by atoms with Crippen LogP contribution < -0.4 is 30.8 Å². The van der Waals surface area contributed by atoms with Crippen LogP contribution in [0.1, 0.15) is 127 Å². The van der Waals surface area contributed by atoms with Crippen molar-refractivity contribution in [1.29, 1.82) is 0 Å². The molecule has 4 saturated carbocycles. The molecule has 2 aliphatic heterocycles. The van der Waals surface area contributed by atoms with Gasteiger partial charge in [-0.05, 0) is 166 Å². The van der Waals surface area contributed by atoms with Gasteiger partial charge >= 0.3 is 18.7 Å². The van der Waals surface area contributed by atoms with E-state index in [1.807, 2.05) is 0 Å². The molecule has 6 aromatic rings. The number of fused-ring (bicyclic) bond motifs is 4. The molecule has 15 heteroatoms. The number of ether oxygens (including phenoxy) is 2. The second-order valence-corrected chi connectivity index (χ2v) is 21.5. The lowest BCUT2D eigenvalue weighted by atomic mass is 9.35. The third kappa shape index (κ3) is 7.60. The third-order valence-electron chi connectivity index (χ3n) is 13.5. The van der Waals surface area contributed by atoms with Crippen molar-refractivity contribution in [2.75, 3.05) is 4.90 Å². The molecule has 4 aromatic carbocycles. The van der Waals surface area contributed by atoms with E-state index in [9.17, 15) is 24.1 Å². The monoisotopic (exact) mass is 973 g/mol. The zero-order valence-electron chi connectivity index (χ0n) is 51.0. The number of furan rings is 1. The summed E-state index contributed by atoms with van der Waals surface area (Å²) in [6.45, 7) is 6.49. The van der Waals surface area contributed by atoms with Crippen molar-refractivity contribution in [3.63, 3.8) is 0 Å². The lowest BCUT2D eigenvalue weighted by molar-refractivity contribution is -0.274. The van der Waals surface area contributed by atoms with Gasteiger partial charge in [0.1, 0.15) is 17.3 Å². The Morgan fingerprint density at radius 2 is 1.24 bits per heavy atom. The minimum atomic E-state index is -5.92. The van der Waals surface area contributed by atoms with Gasteiger partial charge in [-0.25, -0.2) is 0 Å². The first-order valence-electron chi connectivity index (χ1n) is 28.9. The maximum atomic E-state index is 16.4. The Labute approximate surface area is 412 Å². The molecule has 4 nitrogen and oxygen atoms in total. The summed E-state index contributed by atoms with van der Waals surface area (Å²) in [6, 6.07) is -14.5. The predicted octanol–water partition coefficient (Wildman–Crippen LogP) is 15.1. The van der Waals surface area contributed by atoms with E-state index in [0.29, 0.717) is 24.2 Å². The van der Waals surface area contributed by atoms with Gasteiger partial charge < -0.3 is 18.8 Å². The standard InChI is InChI=1S/C53H47BF9NO3S/c1-48(2,3)32-11-7-30(8-12-32)41-22-39-47(65-41)66-42-21-34(50-24-27-15-28(25-50)17-29(16-27)26-50)20-40-44(42)54(39)38-23-43(31-9-13-35(14-10-31)67-53(61,62)63)68-46(38)64(40)45-36(51(55,56)57)18-33(49(4,5)6)19-37(45)52(58,59)60/h7-14,18-23,27-29H,15-17,24-26H2,1-6H3/i7D,8D,9D,10D,11D,12D,13D,14D,18D,19D,20D,21D,22D,23D. The van der Waals surface area contributed by atoms with E-state index in [2.05, 4.69) is 4.74 Å². The Bertz CT molecular complexity index is 3690. The molecule has 0 spiro atoms. The molecule has 0 unspecified atom stereocenters. The highest BCUT2D eigenvalue weighted by atomic mass is 32.1. The summed E-state index contributed by atoms with van der Waals surface area (Å²) in [6.07, 6.45) is -14.1. The first-order chi connectivity index (χ1) is 37.6. The fraction of sp³-hybridized carbons (Fsp3) is 0.396. The Kier molecular flexibility index (Phi) is 6.94. The van der Waals surface area contributed by atoms with E-state index in [1.165, 1.54) is 20.8 Å². The summed E-state index contributed by atoms with van der Waals surface area (Å²) in [7, 11) is 0. The highest BCUT2D eigenvalue weighted by molar-refractivity contribution is 7.23. The topological polar surface area (TPSA) is 34.8 Å². The van der Waals surface area contributed by atoms with Crippen molar-refractivity contribution in [2.45, 2.75) is 115 Å². The van der Waals surface area contributed by atoms with Crippen LogP contribution in [0.2, 0.25) is 0 Å². The molecule has 68 heavy (non-hydrogen) atoms. The molecule has 0 atom stereocenters. The zero-order chi connectivity index (χ0) is 60.4. The molecule has 6 aliphatic rings. The molecule has 0 saturated heterocycles. The van der Waals surface area contributed by atoms with Crippen LogP contribution in [-0.2, 0) is 28.6 Å². The first kappa shape index (κ1) is 31.8. The summed E-state index contributed by atoms with van der Waals surface area (Å²) in [5.41, 5.74) is -15.9. The number of nitrogens with zero attached hydrogens (tertiary/aromatic N) is 1. The molecular weight excluding hydrogens is 912 g/mol. The third-order valence-corrected chi connectivity index (χ3v) is 14.6. The molecule has 0 amide bonds. The Morgan fingerprint density at radius 1 is 0.676 bits per heavy atom. The molecule has 4 heterocycles. The second-order valence-electron chi connectivity index (χ2n) is 20.5. The van der Waals surface area contributed by atoms with Crippen LogP contribution >= 0.6 is 11.3 Å². The van der Waals surface area contributed by atoms with Crippen molar-refractivity contribution >= 4 is 50.8 Å². The lowest BCUT2D eigenvalue weighted by Crippen LogP contribution is -2.59. The average molecular weight is 974 g/mol. The lowest BCUT2D eigenvalue weighted by Gasteiger charge is -2.57. The van der Waals surface area contributed by atoms with Gasteiger partial charge in [0.2, 0.25) is 0 Å². The van der Waals surface area contributed by atoms with Crippen LogP contribution in [0.25, 0.3) is 21.8 Å². The number of hydrogen-bond donors (Lipinski definition) is 0. The van der Waals surface area contributed by atoms with Crippen molar-refractivity contribution in [2.24, 2.45) is 17.8 Å². The molecule has 0 N–H and O–H groups in total. The minimum absolute atomic E-state index is 0.0292. The predicted molar refractivity (Wildman–Crippen MR) is 247 cm³/mol. The molecular formula is C53H47BF9NO3S. The van der Waals surface area contributed by atoms with Crippen LogP contribution in [0, 0.1) is 17.8 Å². The van der Waals surface area contributed by atoms with Gasteiger partial charge in [-0.1, -0.05) is 65.7 Å². The van der Waals surface area contributed by atoms with Gasteiger partial charge in [0.05, 0.1) is 41.0 Å². The molecule has 4 fully saturated rings. The van der Waals surface area contributed by atoms with E-state index in [1.54, 1.807) is 20.8 Å². The largest absolute Gasteiger partial charge is 0.573 e. The van der Waals surface area contributed by atoms with E-state index in [0.717, 1.165) is 19.3 Å². The fourth-order valence-electron chi connectivity index (χ4n) is 11.0. The number of halogens is 9. The summed E-state index contributed by atoms with van der Waals surface area (Å²) < 4.78 is 286. The van der Waals surface area contributed by atoms with E-state index >= 15 is 26.3 Å². The second kappa shape index (κ2) is 14.9. The highest BCUT2D eigenvalue weighted by Gasteiger charge is 2.55. The average Bonchev–Trinajstić information content (AvgIpc) is 2.43. The van der Waals surface area contributed by atoms with Crippen molar-refractivity contribution in [3.8, 4) is 39.2 Å². The zero-order valence-corrected chi connectivity index (χ0v) is 37.9. The molecule has 354 valence electrons. The van der Waals surface area contributed by atoms with Gasteiger partial charge in [0.15, 0.2) is 0 Å². The van der Waals surface area contributed by atoms with Crippen molar-refractivity contribution in [3.05, 3.63) is 112 Å². The highest BCUT2D eigenvalue weighted by Crippen LogP contribution is 2.62. The van der Waals surface area contributed by atoms with Crippen LogP contribution in [0.5, 0.6) is 17.4 Å². The molecule has 4 aliphatic carbocycles. The number of alkyl halides is 9. The van der Waals surface area contributed by atoms with Crippen LogP contribution in [-0.4, -0.2) is 13.1 Å². The summed E-state index contributed by atoms with van der Waals surface area (Å²) in [4.78, 5) is -0.508. The van der Waals surface area contributed by atoms with E-state index in [-0.39, 0.29) is 40.2 Å². The summed E-state index contributed by atoms with van der Waals surface area (Å²) >= 11 is 0.0692. The quantitative estimate of drug-likeness (QED) is 0.127. The van der Waals surface area contributed by atoms with Gasteiger partial charge in [-0.3, -0.25) is 0 Å². The van der Waals surface area contributed by atoms with E-state index in [4.69, 9.17) is 17.4 Å². The summed E-state index contributed by atoms with van der Waals surface area (Å²) in [5, 5.41) is -0.884. The normalized spacial score (nSPS) is 24.8.